The number of nitrogens with one attached hydrogen (secondary N) is 1. The highest BCUT2D eigenvalue weighted by atomic mass is 16.5. The van der Waals surface area contributed by atoms with Crippen LogP contribution in [0.2, 0.25) is 0 Å². The SMILES string of the molecule is CC(C)NC(=O)N1C[C@@H](c2nc(-c3cccnc3)no2)C2(CCOCC2)C1. The standard InChI is InChI=1S/C19H25N5O3/c1-13(2)21-18(25)24-11-15(19(12-24)5-8-26-9-6-19)17-22-16(23-27-17)14-4-3-7-20-10-14/h3-4,7,10,13,15H,5-6,8-9,11-12H2,1-2H3,(H,21,25)/t15-/m0/s1. The molecule has 2 aliphatic rings. The van der Waals surface area contributed by atoms with E-state index in [0.717, 1.165) is 18.4 Å². The molecule has 2 aliphatic heterocycles. The van der Waals surface area contributed by atoms with E-state index in [0.29, 0.717) is 38.0 Å². The molecule has 2 fully saturated rings. The highest BCUT2D eigenvalue weighted by molar-refractivity contribution is 5.75. The van der Waals surface area contributed by atoms with Crippen molar-refractivity contribution in [2.75, 3.05) is 26.3 Å². The van der Waals surface area contributed by atoms with Gasteiger partial charge in [0.25, 0.3) is 0 Å². The molecule has 0 aliphatic carbocycles. The highest BCUT2D eigenvalue weighted by Gasteiger charge is 2.51. The fourth-order valence-electron chi connectivity index (χ4n) is 4.08. The van der Waals surface area contributed by atoms with E-state index < -0.39 is 0 Å². The van der Waals surface area contributed by atoms with E-state index in [1.54, 1.807) is 12.4 Å². The van der Waals surface area contributed by atoms with Gasteiger partial charge in [0.05, 0.1) is 5.92 Å². The van der Waals surface area contributed by atoms with Crippen molar-refractivity contribution in [1.82, 2.24) is 25.3 Å². The van der Waals surface area contributed by atoms with Gasteiger partial charge in [-0.05, 0) is 38.8 Å². The van der Waals surface area contributed by atoms with Crippen LogP contribution in [0.25, 0.3) is 11.4 Å². The molecule has 2 aromatic heterocycles. The van der Waals surface area contributed by atoms with Crippen molar-refractivity contribution >= 4 is 6.03 Å². The van der Waals surface area contributed by atoms with Crippen molar-refractivity contribution in [3.63, 3.8) is 0 Å². The van der Waals surface area contributed by atoms with Crippen LogP contribution in [0.5, 0.6) is 0 Å². The van der Waals surface area contributed by atoms with Crippen molar-refractivity contribution < 1.29 is 14.1 Å². The number of amides is 2. The van der Waals surface area contributed by atoms with Crippen molar-refractivity contribution in [3.05, 3.63) is 30.4 Å². The van der Waals surface area contributed by atoms with Crippen LogP contribution in [0.15, 0.2) is 29.0 Å². The Labute approximate surface area is 158 Å². The van der Waals surface area contributed by atoms with Crippen LogP contribution in [0.3, 0.4) is 0 Å². The molecule has 0 radical (unpaired) electrons. The molecule has 2 amide bonds. The van der Waals surface area contributed by atoms with E-state index in [9.17, 15) is 4.79 Å². The Morgan fingerprint density at radius 2 is 2.19 bits per heavy atom. The summed E-state index contributed by atoms with van der Waals surface area (Å²) in [5.41, 5.74) is 0.742. The topological polar surface area (TPSA) is 93.4 Å². The normalized spacial score (nSPS) is 21.7. The first-order valence-electron chi connectivity index (χ1n) is 9.45. The lowest BCUT2D eigenvalue weighted by Gasteiger charge is -2.36. The molecule has 1 N–H and O–H groups in total. The number of nitrogens with zero attached hydrogens (tertiary/aromatic N) is 4. The number of aromatic nitrogens is 3. The second-order valence-electron chi connectivity index (χ2n) is 7.71. The van der Waals surface area contributed by atoms with Gasteiger partial charge in [-0.3, -0.25) is 4.98 Å². The molecule has 0 bridgehead atoms. The van der Waals surface area contributed by atoms with E-state index in [2.05, 4.69) is 20.4 Å². The maximum Gasteiger partial charge on any atom is 0.317 e. The number of carbonyl (C=O) groups is 1. The Morgan fingerprint density at radius 1 is 1.37 bits per heavy atom. The van der Waals surface area contributed by atoms with Crippen LogP contribution in [-0.4, -0.2) is 58.4 Å². The van der Waals surface area contributed by atoms with E-state index in [-0.39, 0.29) is 23.4 Å². The summed E-state index contributed by atoms with van der Waals surface area (Å²) >= 11 is 0. The zero-order valence-electron chi connectivity index (χ0n) is 15.7. The van der Waals surface area contributed by atoms with Crippen LogP contribution in [0, 0.1) is 5.41 Å². The molecular weight excluding hydrogens is 346 g/mol. The minimum absolute atomic E-state index is 0.0113. The first kappa shape index (κ1) is 17.9. The van der Waals surface area contributed by atoms with Crippen LogP contribution in [0.1, 0.15) is 38.5 Å². The highest BCUT2D eigenvalue weighted by Crippen LogP contribution is 2.49. The van der Waals surface area contributed by atoms with Gasteiger partial charge in [-0.15, -0.1) is 0 Å². The molecule has 8 heteroatoms. The van der Waals surface area contributed by atoms with Gasteiger partial charge >= 0.3 is 6.03 Å². The molecule has 4 heterocycles. The zero-order chi connectivity index (χ0) is 18.9. The molecule has 4 rings (SSSR count). The lowest BCUT2D eigenvalue weighted by atomic mass is 9.72. The summed E-state index contributed by atoms with van der Waals surface area (Å²) in [7, 11) is 0. The fourth-order valence-corrected chi connectivity index (χ4v) is 4.08. The van der Waals surface area contributed by atoms with Crippen LogP contribution < -0.4 is 5.32 Å². The third kappa shape index (κ3) is 3.53. The number of carbonyl (C=O) groups excluding carboxylic acids is 1. The molecule has 0 aromatic carbocycles. The summed E-state index contributed by atoms with van der Waals surface area (Å²) in [6.45, 7) is 6.58. The number of hydrogen-bond acceptors (Lipinski definition) is 6. The van der Waals surface area contributed by atoms with Gasteiger partial charge in [-0.25, -0.2) is 4.79 Å². The number of likely N-dealkylation sites (tertiary alicyclic amines) is 1. The molecule has 2 aromatic rings. The number of pyridine rings is 1. The summed E-state index contributed by atoms with van der Waals surface area (Å²) in [6, 6.07) is 3.81. The molecule has 144 valence electrons. The van der Waals surface area contributed by atoms with Crippen molar-refractivity contribution in [3.8, 4) is 11.4 Å². The molecule has 2 saturated heterocycles. The van der Waals surface area contributed by atoms with Crippen LogP contribution in [-0.2, 0) is 4.74 Å². The zero-order valence-corrected chi connectivity index (χ0v) is 15.7. The number of ether oxygens (including phenoxy) is 1. The minimum Gasteiger partial charge on any atom is -0.381 e. The Morgan fingerprint density at radius 3 is 2.89 bits per heavy atom. The predicted octanol–water partition coefficient (Wildman–Crippen LogP) is 2.45. The molecule has 8 nitrogen and oxygen atoms in total. The molecule has 0 saturated carbocycles. The average Bonchev–Trinajstić information content (AvgIpc) is 3.28. The first-order chi connectivity index (χ1) is 13.1. The maximum atomic E-state index is 12.6. The molecule has 1 spiro atoms. The number of hydrogen-bond donors (Lipinski definition) is 1. The summed E-state index contributed by atoms with van der Waals surface area (Å²) in [5.74, 6) is 1.14. The lowest BCUT2D eigenvalue weighted by molar-refractivity contribution is 0.00940. The Balaban J connectivity index is 1.61. The van der Waals surface area contributed by atoms with Crippen molar-refractivity contribution in [2.45, 2.75) is 38.6 Å². The minimum atomic E-state index is -0.0781. The number of rotatable bonds is 3. The summed E-state index contributed by atoms with van der Waals surface area (Å²) < 4.78 is 11.2. The maximum absolute atomic E-state index is 12.6. The molecule has 0 unspecified atom stereocenters. The van der Waals surface area contributed by atoms with Crippen molar-refractivity contribution in [2.24, 2.45) is 5.41 Å². The molecular formula is C19H25N5O3. The van der Waals surface area contributed by atoms with Crippen LogP contribution >= 0.6 is 0 Å². The second kappa shape index (κ2) is 7.26. The third-order valence-electron chi connectivity index (χ3n) is 5.50. The van der Waals surface area contributed by atoms with E-state index in [4.69, 9.17) is 9.26 Å². The Kier molecular flexibility index (Phi) is 4.82. The second-order valence-corrected chi connectivity index (χ2v) is 7.71. The summed E-state index contributed by atoms with van der Waals surface area (Å²) in [6.07, 6.45) is 5.20. The quantitative estimate of drug-likeness (QED) is 0.891. The van der Waals surface area contributed by atoms with E-state index >= 15 is 0 Å². The van der Waals surface area contributed by atoms with Gasteiger partial charge in [0.2, 0.25) is 11.7 Å². The van der Waals surface area contributed by atoms with Crippen LogP contribution in [0.4, 0.5) is 4.79 Å². The summed E-state index contributed by atoms with van der Waals surface area (Å²) in [4.78, 5) is 23.2. The van der Waals surface area contributed by atoms with E-state index in [1.165, 1.54) is 0 Å². The summed E-state index contributed by atoms with van der Waals surface area (Å²) in [5, 5.41) is 7.14. The monoisotopic (exact) mass is 371 g/mol. The van der Waals surface area contributed by atoms with Gasteiger partial charge < -0.3 is 19.5 Å². The van der Waals surface area contributed by atoms with Crippen molar-refractivity contribution in [1.29, 1.82) is 0 Å². The number of urea groups is 1. The van der Waals surface area contributed by atoms with Gasteiger partial charge in [-0.1, -0.05) is 5.16 Å². The van der Waals surface area contributed by atoms with Gasteiger partial charge in [0.15, 0.2) is 0 Å². The van der Waals surface area contributed by atoms with Gasteiger partial charge in [0.1, 0.15) is 0 Å². The molecule has 27 heavy (non-hydrogen) atoms. The fraction of sp³-hybridized carbons (Fsp3) is 0.579. The molecule has 1 atom stereocenters. The Bertz CT molecular complexity index is 786. The first-order valence-corrected chi connectivity index (χ1v) is 9.45. The van der Waals surface area contributed by atoms with E-state index in [1.807, 2.05) is 30.9 Å². The third-order valence-corrected chi connectivity index (χ3v) is 5.50. The average molecular weight is 371 g/mol. The van der Waals surface area contributed by atoms with Gasteiger partial charge in [0, 0.05) is 55.7 Å². The smallest absolute Gasteiger partial charge is 0.317 e. The lowest BCUT2D eigenvalue weighted by Crippen LogP contribution is -2.43. The predicted molar refractivity (Wildman–Crippen MR) is 98.0 cm³/mol. The van der Waals surface area contributed by atoms with Gasteiger partial charge in [-0.2, -0.15) is 4.98 Å². The largest absolute Gasteiger partial charge is 0.381 e. The Hall–Kier alpha value is -2.48.